The number of aliphatic carboxylic acids is 1. The summed E-state index contributed by atoms with van der Waals surface area (Å²) in [6, 6.07) is 7.82. The number of carboxylic acid groups (broad SMARTS) is 1. The van der Waals surface area contributed by atoms with E-state index >= 15 is 0 Å². The van der Waals surface area contributed by atoms with Crippen molar-refractivity contribution in [2.75, 3.05) is 19.7 Å². The summed E-state index contributed by atoms with van der Waals surface area (Å²) in [5, 5.41) is 17.5. The Bertz CT molecular complexity index is 429. The smallest absolute Gasteiger partial charge is 0.328 e. The van der Waals surface area contributed by atoms with E-state index in [0.717, 1.165) is 43.3 Å². The van der Waals surface area contributed by atoms with Crippen LogP contribution in [0.3, 0.4) is 0 Å². The second-order valence-corrected chi connectivity index (χ2v) is 4.36. The number of carbonyl (C=O) groups is 1. The van der Waals surface area contributed by atoms with Crippen molar-refractivity contribution in [2.45, 2.75) is 19.9 Å². The number of aliphatic hydroxyl groups excluding tert-OH is 1. The maximum absolute atomic E-state index is 10.5. The number of aliphatic hydroxyl groups is 1. The predicted molar refractivity (Wildman–Crippen MR) is 75.8 cm³/mol. The molecule has 2 N–H and O–H groups in total. The third kappa shape index (κ3) is 6.18. The minimum Gasteiger partial charge on any atom is -0.478 e. The van der Waals surface area contributed by atoms with Crippen molar-refractivity contribution in [3.63, 3.8) is 0 Å². The molecule has 0 spiro atoms. The van der Waals surface area contributed by atoms with Crippen LogP contribution in [0.4, 0.5) is 0 Å². The Morgan fingerprint density at radius 2 is 2.21 bits per heavy atom. The molecule has 0 radical (unpaired) electrons. The molecule has 1 rings (SSSR count). The van der Waals surface area contributed by atoms with Gasteiger partial charge in [-0.25, -0.2) is 4.79 Å². The summed E-state index contributed by atoms with van der Waals surface area (Å²) in [7, 11) is 0. The average Bonchev–Trinajstić information content (AvgIpc) is 2.41. The molecular weight excluding hydrogens is 242 g/mol. The van der Waals surface area contributed by atoms with Gasteiger partial charge in [0.25, 0.3) is 0 Å². The molecule has 1 aromatic rings. The van der Waals surface area contributed by atoms with Crippen molar-refractivity contribution in [1.29, 1.82) is 0 Å². The minimum atomic E-state index is -0.941. The first-order valence-corrected chi connectivity index (χ1v) is 6.49. The Kier molecular flexibility index (Phi) is 6.85. The molecule has 19 heavy (non-hydrogen) atoms. The van der Waals surface area contributed by atoms with Crippen LogP contribution in [0.5, 0.6) is 0 Å². The summed E-state index contributed by atoms with van der Waals surface area (Å²) in [4.78, 5) is 12.7. The van der Waals surface area contributed by atoms with Crippen LogP contribution in [0.2, 0.25) is 0 Å². The monoisotopic (exact) mass is 263 g/mol. The summed E-state index contributed by atoms with van der Waals surface area (Å²) in [6.45, 7) is 4.89. The van der Waals surface area contributed by atoms with E-state index in [4.69, 9.17) is 10.2 Å². The summed E-state index contributed by atoms with van der Waals surface area (Å²) >= 11 is 0. The van der Waals surface area contributed by atoms with Crippen LogP contribution >= 0.6 is 0 Å². The molecule has 0 unspecified atom stereocenters. The fraction of sp³-hybridized carbons (Fsp3) is 0.400. The third-order valence-electron chi connectivity index (χ3n) is 2.86. The van der Waals surface area contributed by atoms with Gasteiger partial charge >= 0.3 is 5.97 Å². The molecule has 0 saturated heterocycles. The predicted octanol–water partition coefficient (Wildman–Crippen LogP) is 1.99. The van der Waals surface area contributed by atoms with Crippen LogP contribution in [-0.2, 0) is 11.3 Å². The van der Waals surface area contributed by atoms with Gasteiger partial charge in [0, 0.05) is 25.8 Å². The van der Waals surface area contributed by atoms with Gasteiger partial charge in [-0.05, 0) is 30.2 Å². The fourth-order valence-electron chi connectivity index (χ4n) is 1.86. The van der Waals surface area contributed by atoms with Gasteiger partial charge in [-0.1, -0.05) is 31.2 Å². The first-order chi connectivity index (χ1) is 9.15. The van der Waals surface area contributed by atoms with E-state index in [2.05, 4.69) is 11.8 Å². The lowest BCUT2D eigenvalue weighted by atomic mass is 10.1. The molecule has 0 aliphatic heterocycles. The normalized spacial score (nSPS) is 11.3. The van der Waals surface area contributed by atoms with Crippen LogP contribution in [0.25, 0.3) is 6.08 Å². The number of hydrogen-bond donors (Lipinski definition) is 2. The molecule has 0 atom stereocenters. The molecule has 0 heterocycles. The highest BCUT2D eigenvalue weighted by Crippen LogP contribution is 2.10. The Balaban J connectivity index is 2.67. The quantitative estimate of drug-likeness (QED) is 0.704. The standard InChI is InChI=1S/C15H21NO3/c1-2-16(9-4-10-17)12-14-6-3-5-13(11-14)7-8-15(18)19/h3,5-8,11,17H,2,4,9-10,12H2,1H3,(H,18,19)/b8-7+. The molecule has 4 heteroatoms. The van der Waals surface area contributed by atoms with Crippen molar-refractivity contribution in [1.82, 2.24) is 4.90 Å². The Hall–Kier alpha value is -1.65. The molecule has 104 valence electrons. The van der Waals surface area contributed by atoms with Gasteiger partial charge in [-0.15, -0.1) is 0 Å². The highest BCUT2D eigenvalue weighted by Gasteiger charge is 2.03. The third-order valence-corrected chi connectivity index (χ3v) is 2.86. The first kappa shape index (κ1) is 15.4. The topological polar surface area (TPSA) is 60.8 Å². The highest BCUT2D eigenvalue weighted by atomic mass is 16.4. The molecule has 1 aromatic carbocycles. The summed E-state index contributed by atoms with van der Waals surface area (Å²) < 4.78 is 0. The molecule has 4 nitrogen and oxygen atoms in total. The molecule has 0 amide bonds. The fourth-order valence-corrected chi connectivity index (χ4v) is 1.86. The highest BCUT2D eigenvalue weighted by molar-refractivity contribution is 5.85. The Morgan fingerprint density at radius 3 is 2.84 bits per heavy atom. The molecule has 0 fully saturated rings. The van der Waals surface area contributed by atoms with Gasteiger partial charge in [0.1, 0.15) is 0 Å². The van der Waals surface area contributed by atoms with Crippen LogP contribution in [0.1, 0.15) is 24.5 Å². The van der Waals surface area contributed by atoms with E-state index < -0.39 is 5.97 Å². The maximum atomic E-state index is 10.5. The first-order valence-electron chi connectivity index (χ1n) is 6.49. The van der Waals surface area contributed by atoms with Crippen LogP contribution < -0.4 is 0 Å². The number of carboxylic acids is 1. The summed E-state index contributed by atoms with van der Waals surface area (Å²) in [6.07, 6.45) is 3.50. The van der Waals surface area contributed by atoms with Crippen LogP contribution in [0, 0.1) is 0 Å². The molecule has 0 bridgehead atoms. The van der Waals surface area contributed by atoms with Gasteiger partial charge in [0.05, 0.1) is 0 Å². The summed E-state index contributed by atoms with van der Waals surface area (Å²) in [5.74, 6) is -0.941. The second-order valence-electron chi connectivity index (χ2n) is 4.36. The minimum absolute atomic E-state index is 0.206. The SMILES string of the molecule is CCN(CCCO)Cc1cccc(/C=C/C(=O)O)c1. The molecule has 0 aliphatic rings. The van der Waals surface area contributed by atoms with Gasteiger partial charge < -0.3 is 10.2 Å². The van der Waals surface area contributed by atoms with Gasteiger partial charge in [0.15, 0.2) is 0 Å². The number of benzene rings is 1. The van der Waals surface area contributed by atoms with E-state index in [1.54, 1.807) is 6.08 Å². The van der Waals surface area contributed by atoms with Gasteiger partial charge in [-0.3, -0.25) is 4.90 Å². The zero-order chi connectivity index (χ0) is 14.1. The molecule has 0 saturated carbocycles. The number of rotatable bonds is 8. The second kappa shape index (κ2) is 8.45. The Labute approximate surface area is 114 Å². The van der Waals surface area contributed by atoms with E-state index in [9.17, 15) is 4.79 Å². The van der Waals surface area contributed by atoms with Gasteiger partial charge in [0.2, 0.25) is 0 Å². The number of hydrogen-bond acceptors (Lipinski definition) is 3. The van der Waals surface area contributed by atoms with E-state index in [0.29, 0.717) is 0 Å². The molecular formula is C15H21NO3. The largest absolute Gasteiger partial charge is 0.478 e. The van der Waals surface area contributed by atoms with Crippen molar-refractivity contribution < 1.29 is 15.0 Å². The van der Waals surface area contributed by atoms with E-state index in [-0.39, 0.29) is 6.61 Å². The lowest BCUT2D eigenvalue weighted by molar-refractivity contribution is -0.131. The van der Waals surface area contributed by atoms with Crippen LogP contribution in [0.15, 0.2) is 30.3 Å². The maximum Gasteiger partial charge on any atom is 0.328 e. The van der Waals surface area contributed by atoms with Crippen LogP contribution in [-0.4, -0.2) is 40.8 Å². The van der Waals surface area contributed by atoms with Crippen molar-refractivity contribution in [2.24, 2.45) is 0 Å². The zero-order valence-electron chi connectivity index (χ0n) is 11.2. The van der Waals surface area contributed by atoms with Crippen molar-refractivity contribution in [3.8, 4) is 0 Å². The molecule has 0 aliphatic carbocycles. The van der Waals surface area contributed by atoms with E-state index in [1.807, 2.05) is 24.3 Å². The van der Waals surface area contributed by atoms with Crippen molar-refractivity contribution in [3.05, 3.63) is 41.5 Å². The summed E-state index contributed by atoms with van der Waals surface area (Å²) in [5.41, 5.74) is 2.03. The number of nitrogens with zero attached hydrogens (tertiary/aromatic N) is 1. The lowest BCUT2D eigenvalue weighted by Crippen LogP contribution is -2.24. The van der Waals surface area contributed by atoms with E-state index in [1.165, 1.54) is 0 Å². The molecule has 0 aromatic heterocycles. The van der Waals surface area contributed by atoms with Crippen molar-refractivity contribution >= 4 is 12.0 Å². The lowest BCUT2D eigenvalue weighted by Gasteiger charge is -2.20. The van der Waals surface area contributed by atoms with Gasteiger partial charge in [-0.2, -0.15) is 0 Å². The zero-order valence-corrected chi connectivity index (χ0v) is 11.2. The Morgan fingerprint density at radius 1 is 1.42 bits per heavy atom. The average molecular weight is 263 g/mol.